The summed E-state index contributed by atoms with van der Waals surface area (Å²) in [6, 6.07) is 14.6. The van der Waals surface area contributed by atoms with Gasteiger partial charge in [-0.3, -0.25) is 9.69 Å². The first-order chi connectivity index (χ1) is 11.1. The molecule has 0 spiro atoms. The first-order valence-corrected chi connectivity index (χ1v) is 8.37. The molecule has 0 aliphatic carbocycles. The number of ether oxygens (including phenoxy) is 1. The largest absolute Gasteiger partial charge is 0.496 e. The summed E-state index contributed by atoms with van der Waals surface area (Å²) in [4.78, 5) is 14.7. The molecule has 0 aromatic heterocycles. The van der Waals surface area contributed by atoms with E-state index in [4.69, 9.17) is 28.6 Å². The first kappa shape index (κ1) is 16.1. The number of hydrogen-bond acceptors (Lipinski definition) is 4. The monoisotopic (exact) mass is 361 g/mol. The standard InChI is InChI=1S/C17H12ClNO2S2/c1-21-14-8-3-2-5-11(14)9-15-16(20)19(17(22)23-15)13-7-4-6-12(18)10-13/h2-10H,1H3/b15-9+. The molecular weight excluding hydrogens is 350 g/mol. The lowest BCUT2D eigenvalue weighted by atomic mass is 10.2. The highest BCUT2D eigenvalue weighted by Gasteiger charge is 2.33. The fourth-order valence-electron chi connectivity index (χ4n) is 2.23. The van der Waals surface area contributed by atoms with E-state index in [0.717, 1.165) is 5.56 Å². The summed E-state index contributed by atoms with van der Waals surface area (Å²) in [6.45, 7) is 0. The molecule has 23 heavy (non-hydrogen) atoms. The van der Waals surface area contributed by atoms with Gasteiger partial charge in [-0.15, -0.1) is 0 Å². The molecule has 2 aromatic carbocycles. The van der Waals surface area contributed by atoms with Gasteiger partial charge in [0.25, 0.3) is 5.91 Å². The summed E-state index contributed by atoms with van der Waals surface area (Å²) >= 11 is 12.6. The molecule has 2 aromatic rings. The number of carbonyl (C=O) groups excluding carboxylic acids is 1. The molecule has 0 unspecified atom stereocenters. The van der Waals surface area contributed by atoms with Crippen LogP contribution in [0.1, 0.15) is 5.56 Å². The lowest BCUT2D eigenvalue weighted by Gasteiger charge is -2.14. The zero-order chi connectivity index (χ0) is 16.4. The van der Waals surface area contributed by atoms with Crippen LogP contribution in [0.3, 0.4) is 0 Å². The minimum absolute atomic E-state index is 0.159. The predicted octanol–water partition coefficient (Wildman–Crippen LogP) is 4.75. The van der Waals surface area contributed by atoms with E-state index in [2.05, 4.69) is 0 Å². The van der Waals surface area contributed by atoms with Gasteiger partial charge in [-0.2, -0.15) is 0 Å². The van der Waals surface area contributed by atoms with Crippen molar-refractivity contribution in [2.75, 3.05) is 12.0 Å². The van der Waals surface area contributed by atoms with Crippen LogP contribution in [0, 0.1) is 0 Å². The van der Waals surface area contributed by atoms with Crippen molar-refractivity contribution in [3.63, 3.8) is 0 Å². The van der Waals surface area contributed by atoms with E-state index < -0.39 is 0 Å². The van der Waals surface area contributed by atoms with Crippen LogP contribution in [0.2, 0.25) is 5.02 Å². The minimum Gasteiger partial charge on any atom is -0.496 e. The molecule has 1 aliphatic heterocycles. The van der Waals surface area contributed by atoms with Crippen LogP contribution in [-0.2, 0) is 4.79 Å². The molecule has 0 atom stereocenters. The number of hydrogen-bond donors (Lipinski definition) is 0. The number of halogens is 1. The third kappa shape index (κ3) is 3.27. The number of thiocarbonyl (C=S) groups is 1. The highest BCUT2D eigenvalue weighted by atomic mass is 35.5. The van der Waals surface area contributed by atoms with Gasteiger partial charge in [-0.1, -0.05) is 59.8 Å². The second-order valence-electron chi connectivity index (χ2n) is 4.74. The van der Waals surface area contributed by atoms with Gasteiger partial charge in [0.15, 0.2) is 4.32 Å². The third-order valence-corrected chi connectivity index (χ3v) is 4.82. The van der Waals surface area contributed by atoms with Gasteiger partial charge in [-0.05, 0) is 30.3 Å². The smallest absolute Gasteiger partial charge is 0.270 e. The second kappa shape index (κ2) is 6.74. The van der Waals surface area contributed by atoms with Crippen molar-refractivity contribution >= 4 is 57.6 Å². The van der Waals surface area contributed by atoms with Crippen LogP contribution in [0.4, 0.5) is 5.69 Å². The van der Waals surface area contributed by atoms with E-state index in [9.17, 15) is 4.79 Å². The molecular formula is C17H12ClNO2S2. The van der Waals surface area contributed by atoms with Crippen LogP contribution in [-0.4, -0.2) is 17.3 Å². The van der Waals surface area contributed by atoms with Crippen molar-refractivity contribution in [1.82, 2.24) is 0 Å². The van der Waals surface area contributed by atoms with Crippen LogP contribution < -0.4 is 9.64 Å². The van der Waals surface area contributed by atoms with Gasteiger partial charge in [0.05, 0.1) is 17.7 Å². The Morgan fingerprint density at radius 1 is 1.22 bits per heavy atom. The summed E-state index contributed by atoms with van der Waals surface area (Å²) < 4.78 is 5.80. The second-order valence-corrected chi connectivity index (χ2v) is 6.85. The van der Waals surface area contributed by atoms with Crippen LogP contribution >= 0.6 is 35.6 Å². The van der Waals surface area contributed by atoms with E-state index in [-0.39, 0.29) is 5.91 Å². The zero-order valence-corrected chi connectivity index (χ0v) is 14.5. The molecule has 116 valence electrons. The van der Waals surface area contributed by atoms with Crippen molar-refractivity contribution in [2.24, 2.45) is 0 Å². The maximum Gasteiger partial charge on any atom is 0.270 e. The van der Waals surface area contributed by atoms with Crippen molar-refractivity contribution in [3.05, 3.63) is 64.0 Å². The topological polar surface area (TPSA) is 29.5 Å². The fourth-order valence-corrected chi connectivity index (χ4v) is 3.71. The maximum atomic E-state index is 12.7. The number of amides is 1. The van der Waals surface area contributed by atoms with Crippen molar-refractivity contribution in [1.29, 1.82) is 0 Å². The third-order valence-electron chi connectivity index (χ3n) is 3.29. The molecule has 0 radical (unpaired) electrons. The van der Waals surface area contributed by atoms with Gasteiger partial charge in [0.2, 0.25) is 0 Å². The molecule has 1 saturated heterocycles. The Labute approximate surface area is 148 Å². The molecule has 6 heteroatoms. The van der Waals surface area contributed by atoms with Crippen molar-refractivity contribution in [2.45, 2.75) is 0 Å². The van der Waals surface area contributed by atoms with E-state index >= 15 is 0 Å². The van der Waals surface area contributed by atoms with Crippen molar-refractivity contribution in [3.8, 4) is 5.75 Å². The van der Waals surface area contributed by atoms with E-state index in [0.29, 0.717) is 25.7 Å². The Morgan fingerprint density at radius 2 is 2.00 bits per heavy atom. The van der Waals surface area contributed by atoms with Crippen LogP contribution in [0.25, 0.3) is 6.08 Å². The SMILES string of the molecule is COc1ccccc1/C=C1/SC(=S)N(c2cccc(Cl)c2)C1=O. The minimum atomic E-state index is -0.159. The number of carbonyl (C=O) groups is 1. The Kier molecular flexibility index (Phi) is 4.71. The molecule has 0 bridgehead atoms. The van der Waals surface area contributed by atoms with Crippen molar-refractivity contribution < 1.29 is 9.53 Å². The number of anilines is 1. The fraction of sp³-hybridized carbons (Fsp3) is 0.0588. The highest BCUT2D eigenvalue weighted by Crippen LogP contribution is 2.37. The van der Waals surface area contributed by atoms with Gasteiger partial charge in [-0.25, -0.2) is 0 Å². The maximum absolute atomic E-state index is 12.7. The summed E-state index contributed by atoms with van der Waals surface area (Å²) in [5.41, 5.74) is 1.50. The average molecular weight is 362 g/mol. The number of para-hydroxylation sites is 1. The summed E-state index contributed by atoms with van der Waals surface area (Å²) in [7, 11) is 1.60. The van der Waals surface area contributed by atoms with E-state index in [1.807, 2.05) is 30.3 Å². The predicted molar refractivity (Wildman–Crippen MR) is 100 cm³/mol. The molecule has 1 fully saturated rings. The molecule has 3 rings (SSSR count). The molecule has 0 saturated carbocycles. The molecule has 1 heterocycles. The van der Waals surface area contributed by atoms with E-state index in [1.165, 1.54) is 16.7 Å². The summed E-state index contributed by atoms with van der Waals surface area (Å²) in [6.07, 6.45) is 1.79. The van der Waals surface area contributed by atoms with E-state index in [1.54, 1.807) is 31.4 Å². The van der Waals surface area contributed by atoms with Gasteiger partial charge >= 0.3 is 0 Å². The molecule has 1 aliphatic rings. The number of nitrogens with zero attached hydrogens (tertiary/aromatic N) is 1. The van der Waals surface area contributed by atoms with Gasteiger partial charge in [0, 0.05) is 10.6 Å². The van der Waals surface area contributed by atoms with Crippen LogP contribution in [0.5, 0.6) is 5.75 Å². The Balaban J connectivity index is 1.97. The zero-order valence-electron chi connectivity index (χ0n) is 12.2. The molecule has 3 nitrogen and oxygen atoms in total. The molecule has 0 N–H and O–H groups in total. The van der Waals surface area contributed by atoms with Gasteiger partial charge < -0.3 is 4.74 Å². The Morgan fingerprint density at radius 3 is 2.74 bits per heavy atom. The number of thioether (sulfide) groups is 1. The lowest BCUT2D eigenvalue weighted by molar-refractivity contribution is -0.113. The Bertz CT molecular complexity index is 820. The quantitative estimate of drug-likeness (QED) is 0.582. The number of benzene rings is 2. The summed E-state index contributed by atoms with van der Waals surface area (Å²) in [5, 5.41) is 0.560. The normalized spacial score (nSPS) is 16.3. The van der Waals surface area contributed by atoms with Gasteiger partial charge in [0.1, 0.15) is 5.75 Å². The average Bonchev–Trinajstić information content (AvgIpc) is 2.82. The number of rotatable bonds is 3. The first-order valence-electron chi connectivity index (χ1n) is 6.76. The summed E-state index contributed by atoms with van der Waals surface area (Å²) in [5.74, 6) is 0.550. The lowest BCUT2D eigenvalue weighted by Crippen LogP contribution is -2.27. The molecule has 1 amide bonds. The highest BCUT2D eigenvalue weighted by molar-refractivity contribution is 8.27. The van der Waals surface area contributed by atoms with Crippen LogP contribution in [0.15, 0.2) is 53.4 Å². The number of methoxy groups -OCH3 is 1. The Hall–Kier alpha value is -1.82.